The molecule has 0 aliphatic carbocycles. The van der Waals surface area contributed by atoms with Gasteiger partial charge in [-0.25, -0.2) is 0 Å². The molecule has 3 aromatic heterocycles. The quantitative estimate of drug-likeness (QED) is 0.183. The fourth-order valence-electron chi connectivity index (χ4n) is 7.78. The third-order valence-corrected chi connectivity index (χ3v) is 10.3. The Labute approximate surface area is 298 Å². The van der Waals surface area contributed by atoms with Crippen LogP contribution in [0.3, 0.4) is 0 Å². The van der Waals surface area contributed by atoms with Crippen LogP contribution in [-0.4, -0.2) is 0 Å². The predicted octanol–water partition coefficient (Wildman–Crippen LogP) is 14.2. The van der Waals surface area contributed by atoms with Crippen molar-refractivity contribution in [3.05, 3.63) is 176 Å². The second-order valence-corrected chi connectivity index (χ2v) is 13.3. The molecule has 0 bridgehead atoms. The Bertz CT molecular complexity index is 3090. The van der Waals surface area contributed by atoms with Gasteiger partial charge in [-0.1, -0.05) is 91.0 Å². The Morgan fingerprint density at radius 3 is 1.58 bits per heavy atom. The number of para-hydroxylation sites is 4. The molecule has 0 N–H and O–H groups in total. The topological polar surface area (TPSA) is 42.7 Å². The lowest BCUT2D eigenvalue weighted by molar-refractivity contribution is 0.668. The van der Waals surface area contributed by atoms with Crippen molar-refractivity contribution in [2.45, 2.75) is 0 Å². The van der Waals surface area contributed by atoms with Gasteiger partial charge >= 0.3 is 0 Å². The second kappa shape index (κ2) is 11.2. The molecule has 244 valence electrons. The monoisotopic (exact) mass is 667 g/mol. The van der Waals surface area contributed by atoms with Gasteiger partial charge in [-0.15, -0.1) is 0 Å². The maximum absolute atomic E-state index is 6.67. The molecule has 0 spiro atoms. The van der Waals surface area contributed by atoms with Crippen LogP contribution in [0.1, 0.15) is 0 Å². The highest BCUT2D eigenvalue weighted by Crippen LogP contribution is 2.42. The normalized spacial score (nSPS) is 11.8. The van der Waals surface area contributed by atoms with Crippen molar-refractivity contribution >= 4 is 82.9 Å². The molecule has 11 rings (SSSR count). The zero-order valence-electron chi connectivity index (χ0n) is 27.9. The summed E-state index contributed by atoms with van der Waals surface area (Å²) in [6.07, 6.45) is 0. The van der Waals surface area contributed by atoms with E-state index in [9.17, 15) is 0 Å². The van der Waals surface area contributed by atoms with Gasteiger partial charge in [0.1, 0.15) is 33.5 Å². The zero-order valence-corrected chi connectivity index (χ0v) is 27.9. The molecule has 8 aromatic carbocycles. The Balaban J connectivity index is 0.986. The molecule has 4 nitrogen and oxygen atoms in total. The summed E-state index contributed by atoms with van der Waals surface area (Å²) in [4.78, 5) is 2.28. The van der Waals surface area contributed by atoms with Crippen molar-refractivity contribution < 1.29 is 13.3 Å². The van der Waals surface area contributed by atoms with E-state index in [-0.39, 0.29) is 0 Å². The van der Waals surface area contributed by atoms with E-state index in [1.54, 1.807) is 0 Å². The van der Waals surface area contributed by atoms with Crippen molar-refractivity contribution in [2.24, 2.45) is 0 Å². The minimum atomic E-state index is 0.852. The Hall–Kier alpha value is -7.04. The largest absolute Gasteiger partial charge is 0.456 e. The summed E-state index contributed by atoms with van der Waals surface area (Å²) in [6.45, 7) is 0. The van der Waals surface area contributed by atoms with Crippen LogP contribution in [0.25, 0.3) is 88.1 Å². The molecule has 52 heavy (non-hydrogen) atoms. The van der Waals surface area contributed by atoms with Crippen molar-refractivity contribution in [1.82, 2.24) is 0 Å². The van der Waals surface area contributed by atoms with Crippen molar-refractivity contribution in [3.63, 3.8) is 0 Å². The summed E-state index contributed by atoms with van der Waals surface area (Å²) in [5.74, 6) is 0. The zero-order chi connectivity index (χ0) is 34.2. The van der Waals surface area contributed by atoms with Gasteiger partial charge < -0.3 is 18.2 Å². The third-order valence-electron chi connectivity index (χ3n) is 10.3. The number of benzene rings is 8. The number of nitrogens with zero attached hydrogens (tertiary/aromatic N) is 1. The Morgan fingerprint density at radius 1 is 0.288 bits per heavy atom. The molecule has 0 amide bonds. The third kappa shape index (κ3) is 4.48. The summed E-state index contributed by atoms with van der Waals surface area (Å²) >= 11 is 0. The van der Waals surface area contributed by atoms with Crippen LogP contribution in [0.5, 0.6) is 0 Å². The lowest BCUT2D eigenvalue weighted by Crippen LogP contribution is -2.09. The van der Waals surface area contributed by atoms with Crippen LogP contribution in [-0.2, 0) is 0 Å². The maximum atomic E-state index is 6.67. The highest BCUT2D eigenvalue weighted by atomic mass is 16.3. The molecular weight excluding hydrogens is 639 g/mol. The molecule has 0 aliphatic rings. The summed E-state index contributed by atoms with van der Waals surface area (Å²) in [7, 11) is 0. The van der Waals surface area contributed by atoms with Crippen LogP contribution in [0.2, 0.25) is 0 Å². The van der Waals surface area contributed by atoms with Crippen molar-refractivity contribution in [3.8, 4) is 22.3 Å². The van der Waals surface area contributed by atoms with Crippen LogP contribution in [0, 0.1) is 0 Å². The molecule has 0 saturated heterocycles. The summed E-state index contributed by atoms with van der Waals surface area (Å²) in [5.41, 5.74) is 12.8. The molecule has 4 heteroatoms. The first-order valence-corrected chi connectivity index (χ1v) is 17.5. The lowest BCUT2D eigenvalue weighted by atomic mass is 9.99. The van der Waals surface area contributed by atoms with Gasteiger partial charge in [0.2, 0.25) is 0 Å². The van der Waals surface area contributed by atoms with Gasteiger partial charge in [0, 0.05) is 54.9 Å². The average molecular weight is 668 g/mol. The molecule has 0 aliphatic heterocycles. The fourth-order valence-corrected chi connectivity index (χ4v) is 7.78. The van der Waals surface area contributed by atoms with E-state index in [1.165, 1.54) is 0 Å². The molecule has 3 heterocycles. The average Bonchev–Trinajstić information content (AvgIpc) is 3.89. The van der Waals surface area contributed by atoms with Crippen molar-refractivity contribution in [2.75, 3.05) is 4.90 Å². The molecule has 0 saturated carbocycles. The molecule has 0 unspecified atom stereocenters. The van der Waals surface area contributed by atoms with Gasteiger partial charge in [-0.3, -0.25) is 0 Å². The summed E-state index contributed by atoms with van der Waals surface area (Å²) in [6, 6.07) is 61.3. The van der Waals surface area contributed by atoms with Crippen LogP contribution in [0.4, 0.5) is 17.1 Å². The van der Waals surface area contributed by atoms with Crippen LogP contribution < -0.4 is 4.90 Å². The second-order valence-electron chi connectivity index (χ2n) is 13.3. The number of hydrogen-bond donors (Lipinski definition) is 0. The highest BCUT2D eigenvalue weighted by Gasteiger charge is 2.18. The Morgan fingerprint density at radius 2 is 0.827 bits per heavy atom. The van der Waals surface area contributed by atoms with Crippen molar-refractivity contribution in [1.29, 1.82) is 0 Å². The van der Waals surface area contributed by atoms with E-state index < -0.39 is 0 Å². The van der Waals surface area contributed by atoms with E-state index in [2.05, 4.69) is 157 Å². The molecule has 0 fully saturated rings. The SMILES string of the molecule is c1ccc(N(c2ccccc2)c2ccc3oc4cc(-c5ccc6c(c5)oc5c(-c7ccc8oc9ccccc9c8c7)cccc56)ccc4c3c2)cc1. The number of hydrogen-bond acceptors (Lipinski definition) is 4. The van der Waals surface area contributed by atoms with E-state index in [4.69, 9.17) is 13.3 Å². The summed E-state index contributed by atoms with van der Waals surface area (Å²) in [5, 5.41) is 6.57. The predicted molar refractivity (Wildman–Crippen MR) is 214 cm³/mol. The number of rotatable bonds is 5. The number of fused-ring (bicyclic) bond motifs is 9. The highest BCUT2D eigenvalue weighted by molar-refractivity contribution is 6.12. The van der Waals surface area contributed by atoms with E-state index in [0.717, 1.165) is 105 Å². The van der Waals surface area contributed by atoms with Gasteiger partial charge in [0.25, 0.3) is 0 Å². The van der Waals surface area contributed by atoms with E-state index in [1.807, 2.05) is 24.3 Å². The van der Waals surface area contributed by atoms with E-state index >= 15 is 0 Å². The van der Waals surface area contributed by atoms with Crippen LogP contribution >= 0.6 is 0 Å². The van der Waals surface area contributed by atoms with Gasteiger partial charge in [-0.2, -0.15) is 0 Å². The first-order valence-electron chi connectivity index (χ1n) is 17.5. The van der Waals surface area contributed by atoms with E-state index in [0.29, 0.717) is 0 Å². The van der Waals surface area contributed by atoms with Gasteiger partial charge in [0.15, 0.2) is 0 Å². The van der Waals surface area contributed by atoms with Gasteiger partial charge in [0.05, 0.1) is 0 Å². The molecular formula is C48H29NO3. The maximum Gasteiger partial charge on any atom is 0.143 e. The minimum absolute atomic E-state index is 0.852. The fraction of sp³-hybridized carbons (Fsp3) is 0. The molecule has 11 aromatic rings. The smallest absolute Gasteiger partial charge is 0.143 e. The minimum Gasteiger partial charge on any atom is -0.456 e. The first-order chi connectivity index (χ1) is 25.7. The number of anilines is 3. The molecule has 0 radical (unpaired) electrons. The summed E-state index contributed by atoms with van der Waals surface area (Å²) < 4.78 is 19.2. The molecule has 0 atom stereocenters. The van der Waals surface area contributed by atoms with Gasteiger partial charge in [-0.05, 0) is 102 Å². The van der Waals surface area contributed by atoms with Crippen LogP contribution in [0.15, 0.2) is 189 Å². The Kier molecular flexibility index (Phi) is 6.22. The lowest BCUT2D eigenvalue weighted by Gasteiger charge is -2.25. The standard InChI is InChI=1S/C48H29NO3/c1-3-10-33(11-4-1)49(34-12-5-2-6-13-34)35-21-25-45-42(29-35)39-23-19-30(27-46(39)51-45)31-18-22-38-40-16-9-15-36(48(40)52-47(38)28-31)32-20-24-44-41(26-32)37-14-7-8-17-43(37)50-44/h1-29H. The first kappa shape index (κ1) is 28.8. The number of furan rings is 3.